The standard InChI is InChI=1S/C29H35N3O/c33-29(30-19-23-12-14-24(15-13-23)20-31-16-3-4-17-31)27-10-6-18-32(22-27)21-26-9-5-8-25-7-1-2-11-28(25)26/h1-2,5,7-9,11-15,27H,3-4,6,10,16-22H2,(H,30,33). The predicted molar refractivity (Wildman–Crippen MR) is 135 cm³/mol. The summed E-state index contributed by atoms with van der Waals surface area (Å²) in [5, 5.41) is 5.80. The lowest BCUT2D eigenvalue weighted by atomic mass is 9.96. The summed E-state index contributed by atoms with van der Waals surface area (Å²) in [4.78, 5) is 17.9. The first-order chi connectivity index (χ1) is 16.2. The van der Waals surface area contributed by atoms with Crippen LogP contribution >= 0.6 is 0 Å². The van der Waals surface area contributed by atoms with E-state index in [1.165, 1.54) is 53.4 Å². The highest BCUT2D eigenvalue weighted by molar-refractivity contribution is 5.85. The normalized spacial score (nSPS) is 19.7. The summed E-state index contributed by atoms with van der Waals surface area (Å²) in [7, 11) is 0. The first kappa shape index (κ1) is 22.1. The van der Waals surface area contributed by atoms with Gasteiger partial charge in [-0.05, 0) is 72.8 Å². The molecule has 4 nitrogen and oxygen atoms in total. The topological polar surface area (TPSA) is 35.6 Å². The lowest BCUT2D eigenvalue weighted by Gasteiger charge is -2.32. The molecular weight excluding hydrogens is 406 g/mol. The van der Waals surface area contributed by atoms with Crippen LogP contribution in [0, 0.1) is 5.92 Å². The lowest BCUT2D eigenvalue weighted by Crippen LogP contribution is -2.42. The van der Waals surface area contributed by atoms with Crippen LogP contribution in [-0.4, -0.2) is 41.9 Å². The molecule has 0 aliphatic carbocycles. The van der Waals surface area contributed by atoms with Crippen molar-refractivity contribution < 1.29 is 4.79 Å². The molecule has 0 spiro atoms. The minimum Gasteiger partial charge on any atom is -0.352 e. The zero-order valence-electron chi connectivity index (χ0n) is 19.5. The predicted octanol–water partition coefficient (Wildman–Crippen LogP) is 4.96. The van der Waals surface area contributed by atoms with Gasteiger partial charge in [0.2, 0.25) is 5.91 Å². The third kappa shape index (κ3) is 5.63. The van der Waals surface area contributed by atoms with E-state index in [9.17, 15) is 4.79 Å². The molecule has 0 saturated carbocycles. The molecule has 1 atom stereocenters. The van der Waals surface area contributed by atoms with Gasteiger partial charge in [-0.2, -0.15) is 0 Å². The fourth-order valence-electron chi connectivity index (χ4n) is 5.38. The van der Waals surface area contributed by atoms with Crippen molar-refractivity contribution in [1.82, 2.24) is 15.1 Å². The van der Waals surface area contributed by atoms with Crippen molar-refractivity contribution in [3.05, 3.63) is 83.4 Å². The van der Waals surface area contributed by atoms with Gasteiger partial charge in [-0.1, -0.05) is 66.7 Å². The summed E-state index contributed by atoms with van der Waals surface area (Å²) < 4.78 is 0. The SMILES string of the molecule is O=C(NCc1ccc(CN2CCCC2)cc1)C1CCCN(Cc2cccc3ccccc23)C1. The number of likely N-dealkylation sites (tertiary alicyclic amines) is 2. The van der Waals surface area contributed by atoms with Gasteiger partial charge in [0.1, 0.15) is 0 Å². The number of hydrogen-bond donors (Lipinski definition) is 1. The number of piperidine rings is 1. The molecule has 33 heavy (non-hydrogen) atoms. The Kier molecular flexibility index (Phi) is 7.03. The minimum absolute atomic E-state index is 0.0724. The maximum absolute atomic E-state index is 12.9. The Morgan fingerprint density at radius 1 is 0.788 bits per heavy atom. The van der Waals surface area contributed by atoms with Crippen molar-refractivity contribution in [3.63, 3.8) is 0 Å². The van der Waals surface area contributed by atoms with E-state index in [2.05, 4.69) is 81.8 Å². The molecule has 0 aromatic heterocycles. The molecule has 1 N–H and O–H groups in total. The van der Waals surface area contributed by atoms with Crippen molar-refractivity contribution in [2.75, 3.05) is 26.2 Å². The van der Waals surface area contributed by atoms with Crippen LogP contribution in [-0.2, 0) is 24.4 Å². The van der Waals surface area contributed by atoms with Crippen LogP contribution in [0.25, 0.3) is 10.8 Å². The van der Waals surface area contributed by atoms with Crippen LogP contribution in [0.1, 0.15) is 42.4 Å². The molecule has 3 aromatic carbocycles. The molecule has 0 radical (unpaired) electrons. The summed E-state index contributed by atoms with van der Waals surface area (Å²) >= 11 is 0. The summed E-state index contributed by atoms with van der Waals surface area (Å²) in [5.41, 5.74) is 3.89. The van der Waals surface area contributed by atoms with Gasteiger partial charge in [0, 0.05) is 26.2 Å². The van der Waals surface area contributed by atoms with E-state index in [-0.39, 0.29) is 11.8 Å². The maximum Gasteiger partial charge on any atom is 0.224 e. The summed E-state index contributed by atoms with van der Waals surface area (Å²) in [6.07, 6.45) is 4.70. The molecule has 1 amide bonds. The maximum atomic E-state index is 12.9. The van der Waals surface area contributed by atoms with Gasteiger partial charge in [-0.25, -0.2) is 0 Å². The molecule has 2 aliphatic rings. The molecule has 2 heterocycles. The van der Waals surface area contributed by atoms with E-state index >= 15 is 0 Å². The molecule has 0 bridgehead atoms. The van der Waals surface area contributed by atoms with Crippen molar-refractivity contribution in [3.8, 4) is 0 Å². The van der Waals surface area contributed by atoms with Crippen molar-refractivity contribution in [2.45, 2.75) is 45.3 Å². The third-order valence-corrected chi connectivity index (χ3v) is 7.24. The molecule has 1 unspecified atom stereocenters. The molecule has 2 saturated heterocycles. The average Bonchev–Trinajstić information content (AvgIpc) is 3.37. The number of carbonyl (C=O) groups excluding carboxylic acids is 1. The zero-order valence-corrected chi connectivity index (χ0v) is 19.5. The number of nitrogens with zero attached hydrogens (tertiary/aromatic N) is 2. The smallest absolute Gasteiger partial charge is 0.224 e. The number of carbonyl (C=O) groups is 1. The molecule has 3 aromatic rings. The van der Waals surface area contributed by atoms with E-state index in [4.69, 9.17) is 0 Å². The number of benzene rings is 3. The Labute approximate surface area is 197 Å². The first-order valence-electron chi connectivity index (χ1n) is 12.5. The van der Waals surface area contributed by atoms with Crippen LogP contribution < -0.4 is 5.32 Å². The largest absolute Gasteiger partial charge is 0.352 e. The van der Waals surface area contributed by atoms with Gasteiger partial charge in [-0.3, -0.25) is 14.6 Å². The number of amides is 1. The Hall–Kier alpha value is -2.69. The Morgan fingerprint density at radius 2 is 1.52 bits per heavy atom. The van der Waals surface area contributed by atoms with Crippen molar-refractivity contribution in [1.29, 1.82) is 0 Å². The third-order valence-electron chi connectivity index (χ3n) is 7.24. The second-order valence-electron chi connectivity index (χ2n) is 9.73. The van der Waals surface area contributed by atoms with Crippen LogP contribution in [0.15, 0.2) is 66.7 Å². The van der Waals surface area contributed by atoms with Crippen LogP contribution in [0.4, 0.5) is 0 Å². The highest BCUT2D eigenvalue weighted by Gasteiger charge is 2.26. The molecular formula is C29H35N3O. The molecule has 2 aliphatic heterocycles. The fourth-order valence-corrected chi connectivity index (χ4v) is 5.38. The molecule has 5 rings (SSSR count). The molecule has 172 valence electrons. The van der Waals surface area contributed by atoms with E-state index in [1.807, 2.05) is 0 Å². The minimum atomic E-state index is 0.0724. The Morgan fingerprint density at radius 3 is 2.36 bits per heavy atom. The zero-order chi connectivity index (χ0) is 22.5. The van der Waals surface area contributed by atoms with Gasteiger partial charge in [-0.15, -0.1) is 0 Å². The Bertz CT molecular complexity index is 1070. The van der Waals surface area contributed by atoms with Gasteiger partial charge >= 0.3 is 0 Å². The fraction of sp³-hybridized carbons (Fsp3) is 0.414. The monoisotopic (exact) mass is 441 g/mol. The number of nitrogens with one attached hydrogen (secondary N) is 1. The quantitative estimate of drug-likeness (QED) is 0.563. The van der Waals surface area contributed by atoms with Gasteiger partial charge in [0.05, 0.1) is 5.92 Å². The number of hydrogen-bond acceptors (Lipinski definition) is 3. The summed E-state index contributed by atoms with van der Waals surface area (Å²) in [6, 6.07) is 23.9. The second kappa shape index (κ2) is 10.5. The molecule has 2 fully saturated rings. The van der Waals surface area contributed by atoms with Gasteiger partial charge in [0.15, 0.2) is 0 Å². The molecule has 4 heteroatoms. The van der Waals surface area contributed by atoms with Crippen LogP contribution in [0.5, 0.6) is 0 Å². The van der Waals surface area contributed by atoms with Crippen molar-refractivity contribution in [2.24, 2.45) is 5.92 Å². The van der Waals surface area contributed by atoms with Crippen LogP contribution in [0.2, 0.25) is 0 Å². The lowest BCUT2D eigenvalue weighted by molar-refractivity contribution is -0.126. The van der Waals surface area contributed by atoms with Crippen LogP contribution in [0.3, 0.4) is 0 Å². The first-order valence-corrected chi connectivity index (χ1v) is 12.5. The average molecular weight is 442 g/mol. The number of rotatable bonds is 7. The summed E-state index contributed by atoms with van der Waals surface area (Å²) in [6.45, 7) is 6.90. The van der Waals surface area contributed by atoms with Gasteiger partial charge in [0.25, 0.3) is 0 Å². The van der Waals surface area contributed by atoms with E-state index in [0.717, 1.165) is 39.0 Å². The summed E-state index contributed by atoms with van der Waals surface area (Å²) in [5.74, 6) is 0.266. The second-order valence-corrected chi connectivity index (χ2v) is 9.73. The highest BCUT2D eigenvalue weighted by Crippen LogP contribution is 2.23. The van der Waals surface area contributed by atoms with E-state index in [0.29, 0.717) is 6.54 Å². The van der Waals surface area contributed by atoms with E-state index in [1.54, 1.807) is 0 Å². The van der Waals surface area contributed by atoms with E-state index < -0.39 is 0 Å². The Balaban J connectivity index is 1.13. The highest BCUT2D eigenvalue weighted by atomic mass is 16.1. The number of fused-ring (bicyclic) bond motifs is 1. The van der Waals surface area contributed by atoms with Crippen molar-refractivity contribution >= 4 is 16.7 Å². The van der Waals surface area contributed by atoms with Gasteiger partial charge < -0.3 is 5.32 Å².